The molecule has 0 aromatic heterocycles. The second-order valence-corrected chi connectivity index (χ2v) is 4.24. The molecule has 4 heteroatoms. The van der Waals surface area contributed by atoms with E-state index >= 15 is 0 Å². The van der Waals surface area contributed by atoms with Crippen molar-refractivity contribution >= 4 is 5.97 Å². The summed E-state index contributed by atoms with van der Waals surface area (Å²) in [5, 5.41) is 12.1. The summed E-state index contributed by atoms with van der Waals surface area (Å²) >= 11 is 0. The van der Waals surface area contributed by atoms with Gasteiger partial charge in [-0.2, -0.15) is 0 Å². The lowest BCUT2D eigenvalue weighted by atomic mass is 9.78. The summed E-state index contributed by atoms with van der Waals surface area (Å²) < 4.78 is 0. The van der Waals surface area contributed by atoms with Gasteiger partial charge in [0.15, 0.2) is 0 Å². The van der Waals surface area contributed by atoms with Crippen LogP contribution < -0.4 is 11.1 Å². The highest BCUT2D eigenvalue weighted by Gasteiger charge is 2.52. The van der Waals surface area contributed by atoms with E-state index in [2.05, 4.69) is 5.32 Å². The molecule has 4 nitrogen and oxygen atoms in total. The highest BCUT2D eigenvalue weighted by Crippen LogP contribution is 2.45. The molecule has 2 aliphatic rings. The molecule has 4 N–H and O–H groups in total. The lowest BCUT2D eigenvalue weighted by molar-refractivity contribution is -0.143. The Bertz CT molecular complexity index is 225. The van der Waals surface area contributed by atoms with Gasteiger partial charge in [0, 0.05) is 13.1 Å². The molecule has 1 atom stereocenters. The fraction of sp³-hybridized carbons (Fsp3) is 0.875. The second kappa shape index (κ2) is 2.20. The Morgan fingerprint density at radius 1 is 1.42 bits per heavy atom. The van der Waals surface area contributed by atoms with E-state index in [1.165, 1.54) is 0 Å². The standard InChI is InChI=1S/C8H14N2O2/c9-8(6(11)12)2-1-7(3-8)4-10-5-7/h10H,1-5,9H2,(H,11,12). The Labute approximate surface area is 71.1 Å². The number of rotatable bonds is 1. The minimum Gasteiger partial charge on any atom is -0.480 e. The van der Waals surface area contributed by atoms with Gasteiger partial charge in [0.2, 0.25) is 0 Å². The maximum absolute atomic E-state index is 10.8. The Morgan fingerprint density at radius 2 is 2.08 bits per heavy atom. The minimum absolute atomic E-state index is 0.215. The lowest BCUT2D eigenvalue weighted by Crippen LogP contribution is -2.55. The largest absolute Gasteiger partial charge is 0.480 e. The molecule has 0 radical (unpaired) electrons. The highest BCUT2D eigenvalue weighted by atomic mass is 16.4. The van der Waals surface area contributed by atoms with Crippen molar-refractivity contribution in [3.63, 3.8) is 0 Å². The molecular formula is C8H14N2O2. The molecule has 0 aromatic rings. The lowest BCUT2D eigenvalue weighted by Gasteiger charge is -2.40. The van der Waals surface area contributed by atoms with Crippen molar-refractivity contribution in [1.29, 1.82) is 0 Å². The smallest absolute Gasteiger partial charge is 0.323 e. The van der Waals surface area contributed by atoms with E-state index in [0.29, 0.717) is 12.8 Å². The van der Waals surface area contributed by atoms with Crippen LogP contribution in [-0.2, 0) is 4.79 Å². The fourth-order valence-corrected chi connectivity index (χ4v) is 2.30. The van der Waals surface area contributed by atoms with Crippen LogP contribution in [0, 0.1) is 5.41 Å². The van der Waals surface area contributed by atoms with Crippen LogP contribution in [0.15, 0.2) is 0 Å². The van der Waals surface area contributed by atoms with Crippen LogP contribution in [0.4, 0.5) is 0 Å². The number of hydrogen-bond acceptors (Lipinski definition) is 3. The Balaban J connectivity index is 2.10. The number of aliphatic carboxylic acids is 1. The van der Waals surface area contributed by atoms with E-state index in [0.717, 1.165) is 19.5 Å². The summed E-state index contributed by atoms with van der Waals surface area (Å²) in [6, 6.07) is 0. The number of carboxylic acids is 1. The van der Waals surface area contributed by atoms with Gasteiger partial charge >= 0.3 is 5.97 Å². The molecule has 2 rings (SSSR count). The molecule has 1 spiro atoms. The van der Waals surface area contributed by atoms with E-state index in [-0.39, 0.29) is 5.41 Å². The molecule has 0 aromatic carbocycles. The van der Waals surface area contributed by atoms with Crippen LogP contribution in [-0.4, -0.2) is 29.7 Å². The number of hydrogen-bond donors (Lipinski definition) is 3. The summed E-state index contributed by atoms with van der Waals surface area (Å²) in [6.45, 7) is 1.89. The van der Waals surface area contributed by atoms with Gasteiger partial charge in [-0.25, -0.2) is 0 Å². The minimum atomic E-state index is -0.942. The predicted molar refractivity (Wildman–Crippen MR) is 43.7 cm³/mol. The average Bonchev–Trinajstić information content (AvgIpc) is 2.28. The van der Waals surface area contributed by atoms with Crippen molar-refractivity contribution in [2.45, 2.75) is 24.8 Å². The zero-order valence-corrected chi connectivity index (χ0v) is 6.97. The number of nitrogens with two attached hydrogens (primary N) is 1. The topological polar surface area (TPSA) is 75.4 Å². The molecule has 0 amide bonds. The molecule has 1 aliphatic heterocycles. The van der Waals surface area contributed by atoms with Gasteiger partial charge in [-0.05, 0) is 24.7 Å². The van der Waals surface area contributed by atoms with Crippen LogP contribution in [0.5, 0.6) is 0 Å². The summed E-state index contributed by atoms with van der Waals surface area (Å²) in [7, 11) is 0. The average molecular weight is 170 g/mol. The van der Waals surface area contributed by atoms with E-state index < -0.39 is 11.5 Å². The predicted octanol–water partition coefficient (Wildman–Crippen LogP) is -0.458. The fourth-order valence-electron chi connectivity index (χ4n) is 2.30. The molecule has 12 heavy (non-hydrogen) atoms. The number of nitrogens with one attached hydrogen (secondary N) is 1. The maximum atomic E-state index is 10.8. The monoisotopic (exact) mass is 170 g/mol. The van der Waals surface area contributed by atoms with E-state index in [1.54, 1.807) is 0 Å². The van der Waals surface area contributed by atoms with Crippen molar-refractivity contribution < 1.29 is 9.90 Å². The van der Waals surface area contributed by atoms with Crippen LogP contribution in [0.3, 0.4) is 0 Å². The zero-order valence-electron chi connectivity index (χ0n) is 6.97. The summed E-state index contributed by atoms with van der Waals surface area (Å²) in [5.74, 6) is -0.841. The third-order valence-corrected chi connectivity index (χ3v) is 3.22. The summed E-state index contributed by atoms with van der Waals surface area (Å²) in [6.07, 6.45) is 2.23. The summed E-state index contributed by atoms with van der Waals surface area (Å²) in [4.78, 5) is 10.8. The van der Waals surface area contributed by atoms with Crippen molar-refractivity contribution in [1.82, 2.24) is 5.32 Å². The molecule has 68 valence electrons. The van der Waals surface area contributed by atoms with E-state index in [4.69, 9.17) is 10.8 Å². The Kier molecular flexibility index (Phi) is 1.47. The van der Waals surface area contributed by atoms with Gasteiger partial charge in [-0.15, -0.1) is 0 Å². The molecule has 1 heterocycles. The van der Waals surface area contributed by atoms with E-state index in [1.807, 2.05) is 0 Å². The molecule has 0 bridgehead atoms. The van der Waals surface area contributed by atoms with Crippen molar-refractivity contribution in [2.24, 2.45) is 11.1 Å². The van der Waals surface area contributed by atoms with Crippen molar-refractivity contribution in [2.75, 3.05) is 13.1 Å². The van der Waals surface area contributed by atoms with Crippen LogP contribution in [0.25, 0.3) is 0 Å². The Morgan fingerprint density at radius 3 is 2.33 bits per heavy atom. The first-order valence-electron chi connectivity index (χ1n) is 4.29. The molecule has 1 aliphatic carbocycles. The zero-order chi connectivity index (χ0) is 8.82. The normalized spacial score (nSPS) is 38.1. The van der Waals surface area contributed by atoms with Gasteiger partial charge in [0.1, 0.15) is 5.54 Å². The third-order valence-electron chi connectivity index (χ3n) is 3.22. The quantitative estimate of drug-likeness (QED) is 0.498. The summed E-state index contributed by atoms with van der Waals surface area (Å²) in [5.41, 5.74) is 5.03. The first-order chi connectivity index (χ1) is 5.56. The molecule has 1 saturated heterocycles. The van der Waals surface area contributed by atoms with Crippen LogP contribution in [0.2, 0.25) is 0 Å². The Hall–Kier alpha value is -0.610. The van der Waals surface area contributed by atoms with Gasteiger partial charge < -0.3 is 16.2 Å². The maximum Gasteiger partial charge on any atom is 0.323 e. The SMILES string of the molecule is NC1(C(=O)O)CCC2(CNC2)C1. The van der Waals surface area contributed by atoms with E-state index in [9.17, 15) is 4.79 Å². The van der Waals surface area contributed by atoms with Gasteiger partial charge in [0.25, 0.3) is 0 Å². The molecule has 1 saturated carbocycles. The first kappa shape index (κ1) is 8.01. The number of carboxylic acid groups (broad SMARTS) is 1. The second-order valence-electron chi connectivity index (χ2n) is 4.24. The highest BCUT2D eigenvalue weighted by molar-refractivity contribution is 5.79. The van der Waals surface area contributed by atoms with Crippen molar-refractivity contribution in [3.8, 4) is 0 Å². The number of carbonyl (C=O) groups is 1. The molecular weight excluding hydrogens is 156 g/mol. The van der Waals surface area contributed by atoms with Crippen LogP contribution in [0.1, 0.15) is 19.3 Å². The molecule has 2 fully saturated rings. The van der Waals surface area contributed by atoms with Crippen LogP contribution >= 0.6 is 0 Å². The van der Waals surface area contributed by atoms with Gasteiger partial charge in [0.05, 0.1) is 0 Å². The van der Waals surface area contributed by atoms with Gasteiger partial charge in [-0.1, -0.05) is 0 Å². The molecule has 1 unspecified atom stereocenters. The van der Waals surface area contributed by atoms with Gasteiger partial charge in [-0.3, -0.25) is 4.79 Å². The van der Waals surface area contributed by atoms with Crippen molar-refractivity contribution in [3.05, 3.63) is 0 Å². The third kappa shape index (κ3) is 0.949. The first-order valence-corrected chi connectivity index (χ1v) is 4.29.